The van der Waals surface area contributed by atoms with Gasteiger partial charge in [-0.3, -0.25) is 19.6 Å². The van der Waals surface area contributed by atoms with E-state index in [1.165, 1.54) is 49.6 Å². The lowest BCUT2D eigenvalue weighted by atomic mass is 9.85. The molecule has 0 bridgehead atoms. The van der Waals surface area contributed by atoms with Crippen LogP contribution in [0.5, 0.6) is 5.75 Å². The first-order valence-corrected chi connectivity index (χ1v) is 14.9. The Bertz CT molecular complexity index is 962. The minimum Gasteiger partial charge on any atom is -0.489 e. The van der Waals surface area contributed by atoms with Crippen molar-refractivity contribution in [2.24, 2.45) is 5.92 Å². The summed E-state index contributed by atoms with van der Waals surface area (Å²) in [6.45, 7) is 2.30. The number of carbonyl (C=O) groups excluding carboxylic acids is 2. The van der Waals surface area contributed by atoms with Crippen LogP contribution in [-0.4, -0.2) is 40.8 Å². The quantitative estimate of drug-likeness (QED) is 0.368. The monoisotopic (exact) mass is 527 g/mol. The molecule has 2 aliphatic rings. The number of carbonyl (C=O) groups is 2. The SMILES string of the molecule is C[C@@H](NC(=O)[C@@H]1CSCN1)C(=O)NSC(Cc1ccc(OCc2ccccc2)cc1)C1CCCCC1. The minimum absolute atomic E-state index is 0.106. The molecule has 6 nitrogen and oxygen atoms in total. The molecule has 1 saturated carbocycles. The third-order valence-corrected chi connectivity index (χ3v) is 8.99. The highest BCUT2D eigenvalue weighted by molar-refractivity contribution is 7.99. The van der Waals surface area contributed by atoms with Crippen LogP contribution in [0.2, 0.25) is 0 Å². The van der Waals surface area contributed by atoms with Gasteiger partial charge in [-0.05, 0) is 67.3 Å². The zero-order valence-electron chi connectivity index (χ0n) is 20.9. The molecule has 0 radical (unpaired) electrons. The Morgan fingerprint density at radius 2 is 1.81 bits per heavy atom. The van der Waals surface area contributed by atoms with Crippen molar-refractivity contribution in [3.8, 4) is 5.75 Å². The summed E-state index contributed by atoms with van der Waals surface area (Å²) in [7, 11) is 0. The number of nitrogens with one attached hydrogen (secondary N) is 3. The fourth-order valence-corrected chi connectivity index (χ4v) is 6.80. The highest BCUT2D eigenvalue weighted by atomic mass is 32.2. The lowest BCUT2D eigenvalue weighted by Crippen LogP contribution is -2.50. The van der Waals surface area contributed by atoms with Crippen LogP contribution in [0.4, 0.5) is 0 Å². The van der Waals surface area contributed by atoms with Gasteiger partial charge in [0.15, 0.2) is 0 Å². The van der Waals surface area contributed by atoms with E-state index in [0.29, 0.717) is 17.8 Å². The average molecular weight is 528 g/mol. The molecular formula is C28H37N3O3S2. The highest BCUT2D eigenvalue weighted by Crippen LogP contribution is 2.34. The van der Waals surface area contributed by atoms with Crippen LogP contribution in [0, 0.1) is 5.92 Å². The minimum atomic E-state index is -0.564. The van der Waals surface area contributed by atoms with Crippen molar-refractivity contribution in [3.63, 3.8) is 0 Å². The molecule has 2 amide bonds. The van der Waals surface area contributed by atoms with Gasteiger partial charge in [-0.25, -0.2) is 0 Å². The number of hydrogen-bond donors (Lipinski definition) is 3. The van der Waals surface area contributed by atoms with E-state index in [-0.39, 0.29) is 17.9 Å². The van der Waals surface area contributed by atoms with Crippen molar-refractivity contribution in [2.75, 3.05) is 11.6 Å². The maximum absolute atomic E-state index is 12.8. The van der Waals surface area contributed by atoms with Crippen LogP contribution < -0.4 is 20.1 Å². The van der Waals surface area contributed by atoms with Gasteiger partial charge in [0.1, 0.15) is 18.4 Å². The van der Waals surface area contributed by atoms with Crippen molar-refractivity contribution in [2.45, 2.75) is 69.4 Å². The predicted octanol–water partition coefficient (Wildman–Crippen LogP) is 4.69. The Hall–Kier alpha value is -2.16. The van der Waals surface area contributed by atoms with Gasteiger partial charge in [0.05, 0.1) is 6.04 Å². The van der Waals surface area contributed by atoms with Gasteiger partial charge in [-0.2, -0.15) is 0 Å². The predicted molar refractivity (Wildman–Crippen MR) is 149 cm³/mol. The zero-order chi connectivity index (χ0) is 25.2. The van der Waals surface area contributed by atoms with E-state index in [2.05, 4.69) is 39.6 Å². The van der Waals surface area contributed by atoms with Gasteiger partial charge in [0.2, 0.25) is 5.91 Å². The average Bonchev–Trinajstić information content (AvgIpc) is 3.47. The molecule has 1 unspecified atom stereocenters. The molecule has 2 fully saturated rings. The van der Waals surface area contributed by atoms with Gasteiger partial charge < -0.3 is 10.1 Å². The molecule has 3 atom stereocenters. The van der Waals surface area contributed by atoms with Gasteiger partial charge in [-0.1, -0.05) is 61.7 Å². The molecular weight excluding hydrogens is 490 g/mol. The van der Waals surface area contributed by atoms with Gasteiger partial charge in [0.25, 0.3) is 5.91 Å². The second-order valence-electron chi connectivity index (χ2n) is 9.65. The molecule has 2 aromatic carbocycles. The summed E-state index contributed by atoms with van der Waals surface area (Å²) in [5.41, 5.74) is 2.39. The maximum Gasteiger partial charge on any atom is 0.252 e. The van der Waals surface area contributed by atoms with E-state index in [9.17, 15) is 9.59 Å². The highest BCUT2D eigenvalue weighted by Gasteiger charge is 2.28. The molecule has 2 aromatic rings. The van der Waals surface area contributed by atoms with Crippen molar-refractivity contribution in [1.82, 2.24) is 15.4 Å². The lowest BCUT2D eigenvalue weighted by molar-refractivity contribution is -0.128. The Kier molecular flexibility index (Phi) is 10.4. The van der Waals surface area contributed by atoms with Gasteiger partial charge >= 0.3 is 0 Å². The van der Waals surface area contributed by atoms with Crippen LogP contribution in [0.15, 0.2) is 54.6 Å². The van der Waals surface area contributed by atoms with Crippen molar-refractivity contribution in [3.05, 3.63) is 65.7 Å². The van der Waals surface area contributed by atoms with Crippen LogP contribution in [-0.2, 0) is 22.6 Å². The molecule has 1 saturated heterocycles. The largest absolute Gasteiger partial charge is 0.489 e. The summed E-state index contributed by atoms with van der Waals surface area (Å²) in [4.78, 5) is 25.1. The summed E-state index contributed by atoms with van der Waals surface area (Å²) >= 11 is 3.22. The zero-order valence-corrected chi connectivity index (χ0v) is 22.5. The van der Waals surface area contributed by atoms with Crippen molar-refractivity contribution in [1.29, 1.82) is 0 Å². The van der Waals surface area contributed by atoms with E-state index in [0.717, 1.165) is 29.4 Å². The number of benzene rings is 2. The van der Waals surface area contributed by atoms with Crippen molar-refractivity contribution >= 4 is 35.5 Å². The smallest absolute Gasteiger partial charge is 0.252 e. The molecule has 1 aliphatic carbocycles. The van der Waals surface area contributed by atoms with Crippen LogP contribution in [0.1, 0.15) is 50.2 Å². The number of rotatable bonds is 11. The first-order chi connectivity index (χ1) is 17.6. The summed E-state index contributed by atoms with van der Waals surface area (Å²) < 4.78 is 9.00. The number of ether oxygens (including phenoxy) is 1. The Balaban J connectivity index is 1.30. The second-order valence-corrected chi connectivity index (χ2v) is 11.7. The molecule has 8 heteroatoms. The van der Waals surface area contributed by atoms with Crippen LogP contribution in [0.3, 0.4) is 0 Å². The molecule has 0 aromatic heterocycles. The van der Waals surface area contributed by atoms with E-state index < -0.39 is 6.04 Å². The number of hydrogen-bond acceptors (Lipinski definition) is 6. The molecule has 36 heavy (non-hydrogen) atoms. The first kappa shape index (κ1) is 26.9. The number of amides is 2. The second kappa shape index (κ2) is 14.0. The Labute approximate surface area is 223 Å². The fourth-order valence-electron chi connectivity index (χ4n) is 4.67. The summed E-state index contributed by atoms with van der Waals surface area (Å²) in [5.74, 6) is 2.70. The maximum atomic E-state index is 12.8. The molecule has 4 rings (SSSR count). The molecule has 1 aliphatic heterocycles. The third kappa shape index (κ3) is 8.18. The van der Waals surface area contributed by atoms with E-state index in [1.807, 2.05) is 30.3 Å². The Morgan fingerprint density at radius 3 is 2.50 bits per heavy atom. The first-order valence-electron chi connectivity index (χ1n) is 12.9. The van der Waals surface area contributed by atoms with E-state index >= 15 is 0 Å². The number of thioether (sulfide) groups is 1. The van der Waals surface area contributed by atoms with Crippen LogP contribution >= 0.6 is 23.7 Å². The topological polar surface area (TPSA) is 79.5 Å². The van der Waals surface area contributed by atoms with E-state index in [4.69, 9.17) is 4.74 Å². The summed E-state index contributed by atoms with van der Waals surface area (Å²) in [6.07, 6.45) is 7.08. The summed E-state index contributed by atoms with van der Waals surface area (Å²) in [5, 5.41) is 6.29. The molecule has 194 valence electrons. The van der Waals surface area contributed by atoms with Crippen molar-refractivity contribution < 1.29 is 14.3 Å². The fraction of sp³-hybridized carbons (Fsp3) is 0.500. The summed E-state index contributed by atoms with van der Waals surface area (Å²) in [6, 6.07) is 17.7. The molecule has 0 spiro atoms. The van der Waals surface area contributed by atoms with E-state index in [1.54, 1.807) is 18.7 Å². The normalized spacial score (nSPS) is 19.9. The Morgan fingerprint density at radius 1 is 1.06 bits per heavy atom. The standard InChI is InChI=1S/C28H37N3O3S2/c1-20(30-28(33)25-18-35-19-29-25)27(32)31-36-26(23-10-6-3-7-11-23)16-21-12-14-24(15-13-21)34-17-22-8-4-2-5-9-22/h2,4-5,8-9,12-15,20,23,25-26,29H,3,6-7,10-11,16-19H2,1H3,(H,30,33)(H,31,32)/t20-,25+,26?/m1/s1. The van der Waals surface area contributed by atoms with Crippen LogP contribution in [0.25, 0.3) is 0 Å². The third-order valence-electron chi connectivity index (χ3n) is 6.88. The lowest BCUT2D eigenvalue weighted by Gasteiger charge is -2.30. The van der Waals surface area contributed by atoms with Gasteiger partial charge in [-0.15, -0.1) is 11.8 Å². The molecule has 3 N–H and O–H groups in total. The molecule has 1 heterocycles. The van der Waals surface area contributed by atoms with Gasteiger partial charge in [0, 0.05) is 16.9 Å².